The van der Waals surface area contributed by atoms with Gasteiger partial charge in [0, 0.05) is 6.04 Å². The second kappa shape index (κ2) is 5.18. The molecule has 1 saturated carbocycles. The number of rotatable bonds is 2. The molecule has 94 valence electrons. The maximum atomic E-state index is 13.4. The van der Waals surface area contributed by atoms with Gasteiger partial charge in [-0.15, -0.1) is 0 Å². The Morgan fingerprint density at radius 1 is 1.18 bits per heavy atom. The van der Waals surface area contributed by atoms with E-state index in [2.05, 4.69) is 6.92 Å². The minimum atomic E-state index is -0.167. The lowest BCUT2D eigenvalue weighted by atomic mass is 9.77. The van der Waals surface area contributed by atoms with Crippen LogP contribution in [0.3, 0.4) is 0 Å². The van der Waals surface area contributed by atoms with Crippen LogP contribution in [0.1, 0.15) is 49.8 Å². The summed E-state index contributed by atoms with van der Waals surface area (Å²) >= 11 is 0. The molecule has 1 fully saturated rings. The minimum Gasteiger partial charge on any atom is -0.324 e. The van der Waals surface area contributed by atoms with Crippen molar-refractivity contribution in [1.82, 2.24) is 0 Å². The molecule has 0 radical (unpaired) electrons. The van der Waals surface area contributed by atoms with Gasteiger partial charge in [-0.3, -0.25) is 0 Å². The summed E-state index contributed by atoms with van der Waals surface area (Å²) in [6.45, 7) is 4.22. The lowest BCUT2D eigenvalue weighted by Crippen LogP contribution is -2.25. The Bertz CT molecular complexity index is 360. The normalized spacial score (nSPS) is 26.8. The average Bonchev–Trinajstić information content (AvgIpc) is 2.28. The topological polar surface area (TPSA) is 26.0 Å². The van der Waals surface area contributed by atoms with Gasteiger partial charge in [0.2, 0.25) is 0 Å². The number of nitrogens with two attached hydrogens (primary N) is 1. The Morgan fingerprint density at radius 3 is 2.41 bits per heavy atom. The average molecular weight is 235 g/mol. The molecule has 2 N–H and O–H groups in total. The Balaban J connectivity index is 2.10. The van der Waals surface area contributed by atoms with E-state index in [1.54, 1.807) is 12.1 Å². The third-order valence-electron chi connectivity index (χ3n) is 4.02. The maximum Gasteiger partial charge on any atom is 0.123 e. The third kappa shape index (κ3) is 3.06. The molecule has 1 unspecified atom stereocenters. The molecule has 0 bridgehead atoms. The fourth-order valence-corrected chi connectivity index (χ4v) is 2.87. The van der Waals surface area contributed by atoms with Crippen molar-refractivity contribution < 1.29 is 4.39 Å². The molecule has 2 heteroatoms. The molecule has 1 nitrogen and oxygen atoms in total. The second-order valence-corrected chi connectivity index (χ2v) is 5.61. The molecule has 0 amide bonds. The molecule has 1 aromatic carbocycles. The predicted molar refractivity (Wildman–Crippen MR) is 69.2 cm³/mol. The van der Waals surface area contributed by atoms with Gasteiger partial charge in [0.25, 0.3) is 0 Å². The minimum absolute atomic E-state index is 0.00287. The first-order chi connectivity index (χ1) is 8.06. The van der Waals surface area contributed by atoms with Crippen LogP contribution in [0.4, 0.5) is 4.39 Å². The first-order valence-electron chi connectivity index (χ1n) is 6.59. The summed E-state index contributed by atoms with van der Waals surface area (Å²) in [7, 11) is 0. The summed E-state index contributed by atoms with van der Waals surface area (Å²) in [5.41, 5.74) is 8.20. The largest absolute Gasteiger partial charge is 0.324 e. The summed E-state index contributed by atoms with van der Waals surface area (Å²) in [4.78, 5) is 0. The van der Waals surface area contributed by atoms with Crippen LogP contribution < -0.4 is 5.73 Å². The van der Waals surface area contributed by atoms with Crippen molar-refractivity contribution in [2.45, 2.75) is 45.6 Å². The Hall–Kier alpha value is -0.890. The van der Waals surface area contributed by atoms with E-state index in [1.165, 1.54) is 25.7 Å². The molecule has 17 heavy (non-hydrogen) atoms. The number of benzene rings is 1. The van der Waals surface area contributed by atoms with Gasteiger partial charge >= 0.3 is 0 Å². The summed E-state index contributed by atoms with van der Waals surface area (Å²) in [6, 6.07) is 5.16. The first-order valence-corrected chi connectivity index (χ1v) is 6.59. The van der Waals surface area contributed by atoms with Crippen LogP contribution in [0.2, 0.25) is 0 Å². The molecule has 0 saturated heterocycles. The molecule has 0 heterocycles. The highest BCUT2D eigenvalue weighted by Gasteiger charge is 2.24. The van der Waals surface area contributed by atoms with E-state index in [1.807, 2.05) is 13.0 Å². The van der Waals surface area contributed by atoms with Crippen LogP contribution in [-0.2, 0) is 0 Å². The summed E-state index contributed by atoms with van der Waals surface area (Å²) in [5.74, 6) is 1.18. The van der Waals surface area contributed by atoms with Crippen LogP contribution >= 0.6 is 0 Å². The van der Waals surface area contributed by atoms with E-state index in [0.29, 0.717) is 5.92 Å². The zero-order valence-corrected chi connectivity index (χ0v) is 10.7. The Kier molecular flexibility index (Phi) is 3.82. The number of aryl methyl sites for hydroxylation is 1. The quantitative estimate of drug-likeness (QED) is 0.825. The predicted octanol–water partition coefficient (Wildman–Crippen LogP) is 3.96. The van der Waals surface area contributed by atoms with Crippen LogP contribution in [0.15, 0.2) is 18.2 Å². The Morgan fingerprint density at radius 2 is 1.82 bits per heavy atom. The number of hydrogen-bond acceptors (Lipinski definition) is 1. The molecule has 0 aromatic heterocycles. The van der Waals surface area contributed by atoms with Crippen LogP contribution in [0.5, 0.6) is 0 Å². The van der Waals surface area contributed by atoms with Crippen molar-refractivity contribution in [2.24, 2.45) is 17.6 Å². The van der Waals surface area contributed by atoms with Crippen LogP contribution in [0.25, 0.3) is 0 Å². The molecule has 1 aromatic rings. The van der Waals surface area contributed by atoms with E-state index in [-0.39, 0.29) is 11.9 Å². The van der Waals surface area contributed by atoms with Gasteiger partial charge in [-0.2, -0.15) is 0 Å². The van der Waals surface area contributed by atoms with Gasteiger partial charge in [0.15, 0.2) is 0 Å². The van der Waals surface area contributed by atoms with Crippen LogP contribution in [0, 0.1) is 24.6 Å². The van der Waals surface area contributed by atoms with Crippen molar-refractivity contribution in [1.29, 1.82) is 0 Å². The Labute approximate surface area is 103 Å². The molecule has 2 rings (SSSR count). The van der Waals surface area contributed by atoms with Gasteiger partial charge in [-0.25, -0.2) is 4.39 Å². The molecular weight excluding hydrogens is 213 g/mol. The fourth-order valence-electron chi connectivity index (χ4n) is 2.87. The smallest absolute Gasteiger partial charge is 0.123 e. The molecule has 0 aliphatic heterocycles. The number of hydrogen-bond donors (Lipinski definition) is 1. The monoisotopic (exact) mass is 235 g/mol. The highest BCUT2D eigenvalue weighted by molar-refractivity contribution is 5.26. The fraction of sp³-hybridized carbons (Fsp3) is 0.600. The van der Waals surface area contributed by atoms with Crippen molar-refractivity contribution in [3.8, 4) is 0 Å². The maximum absolute atomic E-state index is 13.4. The molecular formula is C15H22FN. The lowest BCUT2D eigenvalue weighted by Gasteiger charge is -2.31. The zero-order chi connectivity index (χ0) is 12.4. The van der Waals surface area contributed by atoms with Crippen LogP contribution in [-0.4, -0.2) is 0 Å². The SMILES string of the molecule is Cc1cc(F)cc(C(N)C2CCC(C)CC2)c1. The zero-order valence-electron chi connectivity index (χ0n) is 10.7. The van der Waals surface area contributed by atoms with Gasteiger partial charge in [0.05, 0.1) is 0 Å². The molecule has 0 spiro atoms. The highest BCUT2D eigenvalue weighted by atomic mass is 19.1. The van der Waals surface area contributed by atoms with Crippen molar-refractivity contribution in [3.05, 3.63) is 35.1 Å². The van der Waals surface area contributed by atoms with Gasteiger partial charge in [-0.05, 0) is 54.9 Å². The number of halogens is 1. The standard InChI is InChI=1S/C15H22FN/c1-10-3-5-12(6-4-10)15(17)13-7-11(2)8-14(16)9-13/h7-10,12,15H,3-6,17H2,1-2H3. The molecule has 1 aliphatic rings. The van der Waals surface area contributed by atoms with Crippen molar-refractivity contribution >= 4 is 0 Å². The van der Waals surface area contributed by atoms with Gasteiger partial charge in [0.1, 0.15) is 5.82 Å². The second-order valence-electron chi connectivity index (χ2n) is 5.61. The first kappa shape index (κ1) is 12.6. The molecule has 1 aliphatic carbocycles. The summed E-state index contributed by atoms with van der Waals surface area (Å²) in [5, 5.41) is 0. The van der Waals surface area contributed by atoms with E-state index in [4.69, 9.17) is 5.73 Å². The summed E-state index contributed by atoms with van der Waals surface area (Å²) < 4.78 is 13.4. The van der Waals surface area contributed by atoms with E-state index in [0.717, 1.165) is 17.0 Å². The van der Waals surface area contributed by atoms with E-state index < -0.39 is 0 Å². The summed E-state index contributed by atoms with van der Waals surface area (Å²) in [6.07, 6.45) is 4.87. The molecule has 1 atom stereocenters. The van der Waals surface area contributed by atoms with Crippen molar-refractivity contribution in [2.75, 3.05) is 0 Å². The van der Waals surface area contributed by atoms with Gasteiger partial charge in [-0.1, -0.05) is 25.8 Å². The van der Waals surface area contributed by atoms with E-state index >= 15 is 0 Å². The van der Waals surface area contributed by atoms with Crippen molar-refractivity contribution in [3.63, 3.8) is 0 Å². The van der Waals surface area contributed by atoms with Gasteiger partial charge < -0.3 is 5.73 Å². The highest BCUT2D eigenvalue weighted by Crippen LogP contribution is 2.35. The lowest BCUT2D eigenvalue weighted by molar-refractivity contribution is 0.256. The third-order valence-corrected chi connectivity index (χ3v) is 4.02. The van der Waals surface area contributed by atoms with E-state index in [9.17, 15) is 4.39 Å².